The molecule has 0 aromatic carbocycles. The van der Waals surface area contributed by atoms with Crippen LogP contribution in [-0.4, -0.2) is 4.98 Å². The van der Waals surface area contributed by atoms with E-state index in [1.54, 1.807) is 0 Å². The first-order chi connectivity index (χ1) is 9.72. The summed E-state index contributed by atoms with van der Waals surface area (Å²) in [6.45, 7) is 0. The number of nitrogens with two attached hydrogens (primary N) is 1. The molecule has 1 unspecified atom stereocenters. The van der Waals surface area contributed by atoms with Gasteiger partial charge >= 0.3 is 0 Å². The summed E-state index contributed by atoms with van der Waals surface area (Å²) in [5.74, 6) is 3.16. The summed E-state index contributed by atoms with van der Waals surface area (Å²) in [5.41, 5.74) is 8.32. The lowest BCUT2D eigenvalue weighted by atomic mass is 9.48. The standard InChI is InChI=1S/C18H26N2/c19-17(16-2-5-20-6-3-16)1-4-18-10-13-7-14(11-18)9-15(8-13)12-18/h2-3,5-6,13-15,17H,1,4,7-12,19H2. The van der Waals surface area contributed by atoms with Crippen molar-refractivity contribution in [2.45, 2.75) is 57.4 Å². The first-order valence-corrected chi connectivity index (χ1v) is 8.38. The zero-order valence-corrected chi connectivity index (χ0v) is 12.3. The van der Waals surface area contributed by atoms with Crippen LogP contribution >= 0.6 is 0 Å². The van der Waals surface area contributed by atoms with Gasteiger partial charge in [-0.3, -0.25) is 4.98 Å². The Bertz CT molecular complexity index is 432. The maximum Gasteiger partial charge on any atom is 0.0296 e. The summed E-state index contributed by atoms with van der Waals surface area (Å²) in [5, 5.41) is 0. The minimum atomic E-state index is 0.200. The Hall–Kier alpha value is -0.890. The molecule has 5 rings (SSSR count). The average Bonchev–Trinajstić information content (AvgIpc) is 2.44. The third-order valence-corrected chi connectivity index (χ3v) is 6.28. The third kappa shape index (κ3) is 2.28. The van der Waals surface area contributed by atoms with E-state index in [-0.39, 0.29) is 6.04 Å². The van der Waals surface area contributed by atoms with Gasteiger partial charge in [-0.15, -0.1) is 0 Å². The minimum absolute atomic E-state index is 0.200. The molecule has 0 aliphatic heterocycles. The van der Waals surface area contributed by atoms with E-state index in [4.69, 9.17) is 5.73 Å². The van der Waals surface area contributed by atoms with Crippen LogP contribution in [0.25, 0.3) is 0 Å². The normalized spacial score (nSPS) is 40.0. The predicted octanol–water partition coefficient (Wildman–Crippen LogP) is 4.08. The van der Waals surface area contributed by atoms with Gasteiger partial charge in [0.15, 0.2) is 0 Å². The molecule has 20 heavy (non-hydrogen) atoms. The Morgan fingerprint density at radius 1 is 1.05 bits per heavy atom. The van der Waals surface area contributed by atoms with E-state index < -0.39 is 0 Å². The van der Waals surface area contributed by atoms with Crippen molar-refractivity contribution in [2.24, 2.45) is 28.9 Å². The van der Waals surface area contributed by atoms with E-state index >= 15 is 0 Å². The second-order valence-electron chi connectivity index (χ2n) is 7.84. The molecule has 4 bridgehead atoms. The van der Waals surface area contributed by atoms with Crippen LogP contribution < -0.4 is 5.73 Å². The van der Waals surface area contributed by atoms with E-state index in [0.29, 0.717) is 5.41 Å². The van der Waals surface area contributed by atoms with E-state index in [1.807, 2.05) is 12.4 Å². The van der Waals surface area contributed by atoms with Crippen LogP contribution in [0, 0.1) is 23.2 Å². The highest BCUT2D eigenvalue weighted by molar-refractivity contribution is 5.14. The van der Waals surface area contributed by atoms with Gasteiger partial charge in [-0.2, -0.15) is 0 Å². The monoisotopic (exact) mass is 270 g/mol. The molecule has 4 fully saturated rings. The molecule has 1 atom stereocenters. The van der Waals surface area contributed by atoms with Gasteiger partial charge in [-0.1, -0.05) is 0 Å². The summed E-state index contributed by atoms with van der Waals surface area (Å²) >= 11 is 0. The predicted molar refractivity (Wildman–Crippen MR) is 81.0 cm³/mol. The highest BCUT2D eigenvalue weighted by Crippen LogP contribution is 2.61. The van der Waals surface area contributed by atoms with Gasteiger partial charge in [0.05, 0.1) is 0 Å². The van der Waals surface area contributed by atoms with Crippen molar-refractivity contribution in [1.82, 2.24) is 4.98 Å². The largest absolute Gasteiger partial charge is 0.324 e. The number of pyridine rings is 1. The lowest BCUT2D eigenvalue weighted by molar-refractivity contribution is -0.0588. The Labute approximate surface area is 122 Å². The molecule has 4 aliphatic carbocycles. The quantitative estimate of drug-likeness (QED) is 0.895. The molecule has 2 heteroatoms. The lowest BCUT2D eigenvalue weighted by Crippen LogP contribution is -2.46. The summed E-state index contributed by atoms with van der Waals surface area (Å²) in [6.07, 6.45) is 15.3. The van der Waals surface area contributed by atoms with Gasteiger partial charge in [-0.05, 0) is 92.2 Å². The highest BCUT2D eigenvalue weighted by Gasteiger charge is 2.50. The van der Waals surface area contributed by atoms with Crippen LogP contribution in [0.15, 0.2) is 24.5 Å². The molecule has 0 saturated heterocycles. The lowest BCUT2D eigenvalue weighted by Gasteiger charge is -2.57. The van der Waals surface area contributed by atoms with Crippen molar-refractivity contribution in [3.05, 3.63) is 30.1 Å². The fraction of sp³-hybridized carbons (Fsp3) is 0.722. The summed E-state index contributed by atoms with van der Waals surface area (Å²) < 4.78 is 0. The Morgan fingerprint density at radius 3 is 2.15 bits per heavy atom. The molecular formula is C18H26N2. The van der Waals surface area contributed by atoms with E-state index in [2.05, 4.69) is 17.1 Å². The van der Waals surface area contributed by atoms with Crippen molar-refractivity contribution in [2.75, 3.05) is 0 Å². The molecule has 2 nitrogen and oxygen atoms in total. The molecule has 1 aromatic heterocycles. The topological polar surface area (TPSA) is 38.9 Å². The van der Waals surface area contributed by atoms with Crippen LogP contribution in [0.5, 0.6) is 0 Å². The molecule has 0 amide bonds. The number of hydrogen-bond acceptors (Lipinski definition) is 2. The molecule has 0 spiro atoms. The van der Waals surface area contributed by atoms with Crippen LogP contribution in [0.2, 0.25) is 0 Å². The van der Waals surface area contributed by atoms with Gasteiger partial charge in [-0.25, -0.2) is 0 Å². The van der Waals surface area contributed by atoms with Crippen LogP contribution in [0.4, 0.5) is 0 Å². The molecule has 108 valence electrons. The van der Waals surface area contributed by atoms with Crippen LogP contribution in [0.3, 0.4) is 0 Å². The van der Waals surface area contributed by atoms with Gasteiger partial charge in [0.2, 0.25) is 0 Å². The minimum Gasteiger partial charge on any atom is -0.324 e. The van der Waals surface area contributed by atoms with E-state index in [0.717, 1.165) is 24.2 Å². The first kappa shape index (κ1) is 12.8. The molecule has 2 N–H and O–H groups in total. The van der Waals surface area contributed by atoms with Gasteiger partial charge in [0, 0.05) is 18.4 Å². The second-order valence-corrected chi connectivity index (χ2v) is 7.84. The Balaban J connectivity index is 1.42. The van der Waals surface area contributed by atoms with Gasteiger partial charge < -0.3 is 5.73 Å². The Morgan fingerprint density at radius 2 is 1.60 bits per heavy atom. The fourth-order valence-electron chi connectivity index (χ4n) is 5.84. The zero-order chi connectivity index (χ0) is 13.6. The molecule has 0 radical (unpaired) electrons. The first-order valence-electron chi connectivity index (χ1n) is 8.38. The van der Waals surface area contributed by atoms with E-state index in [1.165, 1.54) is 50.5 Å². The Kier molecular flexibility index (Phi) is 3.10. The maximum atomic E-state index is 6.40. The second kappa shape index (κ2) is 4.84. The maximum absolute atomic E-state index is 6.40. The number of nitrogens with zero attached hydrogens (tertiary/aromatic N) is 1. The molecule has 1 aromatic rings. The molecular weight excluding hydrogens is 244 g/mol. The van der Waals surface area contributed by atoms with E-state index in [9.17, 15) is 0 Å². The molecule has 1 heterocycles. The SMILES string of the molecule is NC(CCC12CC3CC(CC(C3)C1)C2)c1ccncc1. The van der Waals surface area contributed by atoms with Crippen molar-refractivity contribution in [1.29, 1.82) is 0 Å². The zero-order valence-electron chi connectivity index (χ0n) is 12.3. The summed E-state index contributed by atoms with van der Waals surface area (Å²) in [4.78, 5) is 4.09. The van der Waals surface area contributed by atoms with Gasteiger partial charge in [0.1, 0.15) is 0 Å². The van der Waals surface area contributed by atoms with Crippen LogP contribution in [-0.2, 0) is 0 Å². The fourth-order valence-corrected chi connectivity index (χ4v) is 5.84. The van der Waals surface area contributed by atoms with Crippen molar-refractivity contribution < 1.29 is 0 Å². The van der Waals surface area contributed by atoms with Crippen LogP contribution in [0.1, 0.15) is 63.0 Å². The third-order valence-electron chi connectivity index (χ3n) is 6.28. The van der Waals surface area contributed by atoms with Crippen molar-refractivity contribution >= 4 is 0 Å². The number of hydrogen-bond donors (Lipinski definition) is 1. The highest BCUT2D eigenvalue weighted by atomic mass is 14.7. The number of aromatic nitrogens is 1. The summed E-state index contributed by atoms with van der Waals surface area (Å²) in [7, 11) is 0. The van der Waals surface area contributed by atoms with Crippen molar-refractivity contribution in [3.63, 3.8) is 0 Å². The number of rotatable bonds is 4. The molecule has 4 aliphatic rings. The van der Waals surface area contributed by atoms with Gasteiger partial charge in [0.25, 0.3) is 0 Å². The molecule has 4 saturated carbocycles. The average molecular weight is 270 g/mol. The van der Waals surface area contributed by atoms with Crippen molar-refractivity contribution in [3.8, 4) is 0 Å². The smallest absolute Gasteiger partial charge is 0.0296 e. The summed E-state index contributed by atoms with van der Waals surface area (Å²) in [6, 6.07) is 4.35.